The van der Waals surface area contributed by atoms with Crippen LogP contribution in [-0.2, 0) is 0 Å². The van der Waals surface area contributed by atoms with Gasteiger partial charge in [0.25, 0.3) is 0 Å². The van der Waals surface area contributed by atoms with Crippen molar-refractivity contribution in [3.8, 4) is 0 Å². The zero-order valence-corrected chi connectivity index (χ0v) is 7.83. The van der Waals surface area contributed by atoms with E-state index >= 15 is 0 Å². The first kappa shape index (κ1) is 8.31. The summed E-state index contributed by atoms with van der Waals surface area (Å²) in [5.41, 5.74) is 1.41. The van der Waals surface area contributed by atoms with E-state index in [0.29, 0.717) is 6.04 Å². The Balaban J connectivity index is 2.79. The lowest BCUT2D eigenvalue weighted by atomic mass is 10.2. The van der Waals surface area contributed by atoms with Crippen molar-refractivity contribution in [2.45, 2.75) is 26.3 Å². The molecule has 1 rings (SSSR count). The molecule has 0 amide bonds. The van der Waals surface area contributed by atoms with E-state index in [9.17, 15) is 0 Å². The highest BCUT2D eigenvalue weighted by Crippen LogP contribution is 2.10. The maximum atomic E-state index is 2.31. The molecular weight excluding hydrogens is 136 g/mol. The summed E-state index contributed by atoms with van der Waals surface area (Å²) in [5, 5.41) is 0. The van der Waals surface area contributed by atoms with Gasteiger partial charge in [-0.05, 0) is 6.92 Å². The molecule has 0 aromatic heterocycles. The molecule has 0 spiro atoms. The fourth-order valence-corrected chi connectivity index (χ4v) is 1.33. The minimum atomic E-state index is 0.543. The van der Waals surface area contributed by atoms with E-state index < -0.39 is 0 Å². The molecule has 0 saturated heterocycles. The first-order chi connectivity index (χ1) is 5.15. The molecule has 0 radical (unpaired) electrons. The van der Waals surface area contributed by atoms with Crippen LogP contribution in [0.3, 0.4) is 0 Å². The Morgan fingerprint density at radius 2 is 2.27 bits per heavy atom. The number of hydrogen-bond acceptors (Lipinski definition) is 1. The van der Waals surface area contributed by atoms with Gasteiger partial charge in [-0.2, -0.15) is 0 Å². The minimum absolute atomic E-state index is 0.543. The fraction of sp³-hybridized carbons (Fsp3) is 0.667. The lowest BCUT2D eigenvalue weighted by Gasteiger charge is -2.19. The van der Waals surface area contributed by atoms with Gasteiger partial charge in [0, 0.05) is 12.5 Å². The van der Waals surface area contributed by atoms with Crippen LogP contribution in [0.2, 0.25) is 0 Å². The molecule has 0 saturated carbocycles. The van der Waals surface area contributed by atoms with E-state index in [-0.39, 0.29) is 0 Å². The SMILES string of the molecule is CCC1=CC(C)[N+](C)=CN1C. The average molecular weight is 153 g/mol. The minimum Gasteiger partial charge on any atom is -0.265 e. The zero-order valence-electron chi connectivity index (χ0n) is 7.83. The van der Waals surface area contributed by atoms with E-state index in [2.05, 4.69) is 49.8 Å². The highest BCUT2D eigenvalue weighted by atomic mass is 15.2. The topological polar surface area (TPSA) is 6.25 Å². The largest absolute Gasteiger partial charge is 0.265 e. The normalized spacial score (nSPS) is 24.7. The van der Waals surface area contributed by atoms with Crippen molar-refractivity contribution in [1.29, 1.82) is 0 Å². The summed E-state index contributed by atoms with van der Waals surface area (Å²) in [7, 11) is 4.20. The maximum absolute atomic E-state index is 2.31. The standard InChI is InChI=1S/C9H17N2/c1-5-9-6-8(2)10(3)7-11(9)4/h6-8H,5H2,1-4H3/q+1. The van der Waals surface area contributed by atoms with Crippen molar-refractivity contribution >= 4 is 6.34 Å². The van der Waals surface area contributed by atoms with Crippen molar-refractivity contribution in [1.82, 2.24) is 4.90 Å². The molecule has 0 bridgehead atoms. The van der Waals surface area contributed by atoms with Gasteiger partial charge in [-0.3, -0.25) is 4.58 Å². The van der Waals surface area contributed by atoms with Crippen LogP contribution in [0.4, 0.5) is 0 Å². The van der Waals surface area contributed by atoms with Crippen LogP contribution in [0.25, 0.3) is 0 Å². The Bertz CT molecular complexity index is 204. The molecule has 1 heterocycles. The summed E-state index contributed by atoms with van der Waals surface area (Å²) in [6, 6.07) is 0.543. The summed E-state index contributed by atoms with van der Waals surface area (Å²) in [4.78, 5) is 2.18. The van der Waals surface area contributed by atoms with Crippen molar-refractivity contribution in [2.75, 3.05) is 14.1 Å². The van der Waals surface area contributed by atoms with E-state index in [1.165, 1.54) is 5.70 Å². The van der Waals surface area contributed by atoms with Crippen molar-refractivity contribution in [2.24, 2.45) is 0 Å². The van der Waals surface area contributed by atoms with Gasteiger partial charge in [0.1, 0.15) is 11.7 Å². The lowest BCUT2D eigenvalue weighted by Crippen LogP contribution is -2.32. The van der Waals surface area contributed by atoms with Crippen LogP contribution >= 0.6 is 0 Å². The summed E-state index contributed by atoms with van der Waals surface area (Å²) in [6.07, 6.45) is 5.56. The molecule has 0 aromatic rings. The summed E-state index contributed by atoms with van der Waals surface area (Å²) < 4.78 is 2.21. The molecule has 1 aliphatic heterocycles. The molecule has 0 fully saturated rings. The molecule has 2 nitrogen and oxygen atoms in total. The van der Waals surface area contributed by atoms with Crippen LogP contribution < -0.4 is 0 Å². The molecule has 0 N–H and O–H groups in total. The molecule has 1 atom stereocenters. The fourth-order valence-electron chi connectivity index (χ4n) is 1.33. The maximum Gasteiger partial charge on any atom is 0.239 e. The third kappa shape index (κ3) is 1.62. The second-order valence-electron chi connectivity index (χ2n) is 3.14. The van der Waals surface area contributed by atoms with Crippen molar-refractivity contribution < 1.29 is 4.58 Å². The molecule has 11 heavy (non-hydrogen) atoms. The van der Waals surface area contributed by atoms with Crippen LogP contribution in [0, 0.1) is 0 Å². The van der Waals surface area contributed by atoms with Crippen LogP contribution in [0.1, 0.15) is 20.3 Å². The van der Waals surface area contributed by atoms with Gasteiger partial charge in [-0.25, -0.2) is 4.90 Å². The number of nitrogens with zero attached hydrogens (tertiary/aromatic N) is 2. The second kappa shape index (κ2) is 3.07. The second-order valence-corrected chi connectivity index (χ2v) is 3.14. The number of allylic oxidation sites excluding steroid dienone is 1. The van der Waals surface area contributed by atoms with Crippen molar-refractivity contribution in [3.63, 3.8) is 0 Å². The number of rotatable bonds is 1. The third-order valence-corrected chi connectivity index (χ3v) is 2.25. The highest BCUT2D eigenvalue weighted by molar-refractivity contribution is 5.53. The Kier molecular flexibility index (Phi) is 2.32. The average Bonchev–Trinajstić information content (AvgIpc) is 1.97. The van der Waals surface area contributed by atoms with Crippen molar-refractivity contribution in [3.05, 3.63) is 11.8 Å². The predicted octanol–water partition coefficient (Wildman–Crippen LogP) is 1.28. The highest BCUT2D eigenvalue weighted by Gasteiger charge is 2.17. The Morgan fingerprint density at radius 1 is 1.64 bits per heavy atom. The molecule has 0 aliphatic carbocycles. The van der Waals surface area contributed by atoms with Gasteiger partial charge in [0.2, 0.25) is 6.34 Å². The molecule has 62 valence electrons. The lowest BCUT2D eigenvalue weighted by molar-refractivity contribution is -0.523. The monoisotopic (exact) mass is 153 g/mol. The van der Waals surface area contributed by atoms with Gasteiger partial charge in [-0.1, -0.05) is 6.92 Å². The zero-order chi connectivity index (χ0) is 8.43. The summed E-state index contributed by atoms with van der Waals surface area (Å²) >= 11 is 0. The first-order valence-corrected chi connectivity index (χ1v) is 4.15. The van der Waals surface area contributed by atoms with Gasteiger partial charge in [0.05, 0.1) is 14.1 Å². The first-order valence-electron chi connectivity index (χ1n) is 4.15. The molecule has 0 aromatic carbocycles. The predicted molar refractivity (Wildman–Crippen MR) is 47.8 cm³/mol. The Labute approximate surface area is 68.8 Å². The van der Waals surface area contributed by atoms with E-state index in [0.717, 1.165) is 6.42 Å². The Morgan fingerprint density at radius 3 is 2.82 bits per heavy atom. The molecule has 1 unspecified atom stereocenters. The molecule has 2 heteroatoms. The van der Waals surface area contributed by atoms with Gasteiger partial charge < -0.3 is 0 Å². The van der Waals surface area contributed by atoms with Crippen LogP contribution in [0.15, 0.2) is 11.8 Å². The number of likely N-dealkylation sites (N-methyl/N-ethyl adjacent to an activating group) is 1. The molecular formula is C9H17N2+. The molecule has 1 aliphatic rings. The third-order valence-electron chi connectivity index (χ3n) is 2.25. The van der Waals surface area contributed by atoms with Crippen LogP contribution in [0.5, 0.6) is 0 Å². The summed E-state index contributed by atoms with van der Waals surface area (Å²) in [5.74, 6) is 0. The van der Waals surface area contributed by atoms with E-state index in [1.54, 1.807) is 0 Å². The number of hydrogen-bond donors (Lipinski definition) is 0. The van der Waals surface area contributed by atoms with Crippen LogP contribution in [-0.4, -0.2) is 36.0 Å². The van der Waals surface area contributed by atoms with Gasteiger partial charge in [-0.15, -0.1) is 0 Å². The van der Waals surface area contributed by atoms with E-state index in [4.69, 9.17) is 0 Å². The Hall–Kier alpha value is -0.790. The van der Waals surface area contributed by atoms with E-state index in [1.807, 2.05) is 0 Å². The quantitative estimate of drug-likeness (QED) is 0.514. The summed E-state index contributed by atoms with van der Waals surface area (Å²) in [6.45, 7) is 4.40. The smallest absolute Gasteiger partial charge is 0.239 e. The van der Waals surface area contributed by atoms with Gasteiger partial charge in [0.15, 0.2) is 0 Å². The van der Waals surface area contributed by atoms with Gasteiger partial charge >= 0.3 is 0 Å².